The zero-order chi connectivity index (χ0) is 26.8. The molecular formula is C29H26FN3O5. The Morgan fingerprint density at radius 2 is 1.95 bits per heavy atom. The van der Waals surface area contributed by atoms with Crippen molar-refractivity contribution in [3.05, 3.63) is 86.5 Å². The van der Waals surface area contributed by atoms with Gasteiger partial charge in [-0.2, -0.15) is 0 Å². The number of anilines is 1. The molecule has 9 heteroatoms. The minimum Gasteiger partial charge on any atom is -0.497 e. The van der Waals surface area contributed by atoms with Gasteiger partial charge in [-0.15, -0.1) is 0 Å². The van der Waals surface area contributed by atoms with Gasteiger partial charge in [-0.25, -0.2) is 14.2 Å². The third kappa shape index (κ3) is 3.49. The number of ether oxygens (including phenoxy) is 2. The minimum atomic E-state index is -1.90. The number of rotatable bonds is 5. The SMILES string of the molecule is CC[C@@]1(O)C(=O)OCc2c1cc1n(c2=O)Cc2c-1nc1cc(F)c(NCc3ccc(OC)cc3)cc1c2C. The topological polar surface area (TPSA) is 103 Å². The van der Waals surface area contributed by atoms with Gasteiger partial charge >= 0.3 is 5.97 Å². The van der Waals surface area contributed by atoms with Crippen LogP contribution in [0.5, 0.6) is 5.75 Å². The number of hydrogen-bond acceptors (Lipinski definition) is 7. The molecule has 0 saturated carbocycles. The first-order valence-electron chi connectivity index (χ1n) is 12.4. The van der Waals surface area contributed by atoms with Gasteiger partial charge in [0, 0.05) is 29.1 Å². The molecule has 0 radical (unpaired) electrons. The van der Waals surface area contributed by atoms with E-state index < -0.39 is 17.4 Å². The number of carbonyl (C=O) groups is 1. The monoisotopic (exact) mass is 515 g/mol. The average Bonchev–Trinajstić information content (AvgIpc) is 3.29. The molecule has 0 amide bonds. The first-order chi connectivity index (χ1) is 18.2. The number of methoxy groups -OCH3 is 1. The number of hydrogen-bond donors (Lipinski definition) is 2. The Morgan fingerprint density at radius 3 is 2.66 bits per heavy atom. The lowest BCUT2D eigenvalue weighted by Gasteiger charge is -2.31. The van der Waals surface area contributed by atoms with Crippen molar-refractivity contribution in [3.63, 3.8) is 0 Å². The molecule has 2 N–H and O–H groups in total. The van der Waals surface area contributed by atoms with E-state index in [9.17, 15) is 14.7 Å². The zero-order valence-corrected chi connectivity index (χ0v) is 21.2. The number of cyclic esters (lactones) is 1. The van der Waals surface area contributed by atoms with Gasteiger partial charge < -0.3 is 24.5 Å². The Kier molecular flexibility index (Phi) is 5.50. The fourth-order valence-electron chi connectivity index (χ4n) is 5.38. The van der Waals surface area contributed by atoms with E-state index in [1.165, 1.54) is 6.07 Å². The summed E-state index contributed by atoms with van der Waals surface area (Å²) in [7, 11) is 1.61. The maximum atomic E-state index is 15.1. The van der Waals surface area contributed by atoms with Crippen molar-refractivity contribution in [3.8, 4) is 17.1 Å². The highest BCUT2D eigenvalue weighted by molar-refractivity contribution is 5.91. The second-order valence-corrected chi connectivity index (χ2v) is 9.72. The van der Waals surface area contributed by atoms with Gasteiger partial charge in [-0.3, -0.25) is 4.79 Å². The number of aryl methyl sites for hydroxylation is 1. The zero-order valence-electron chi connectivity index (χ0n) is 21.2. The molecule has 0 spiro atoms. The third-order valence-corrected chi connectivity index (χ3v) is 7.70. The lowest BCUT2D eigenvalue weighted by Crippen LogP contribution is -2.44. The number of carbonyl (C=O) groups excluding carboxylic acids is 1. The van der Waals surface area contributed by atoms with Crippen molar-refractivity contribution in [2.75, 3.05) is 12.4 Å². The van der Waals surface area contributed by atoms with Crippen LogP contribution in [-0.2, 0) is 34.8 Å². The van der Waals surface area contributed by atoms with Crippen LogP contribution in [0.1, 0.15) is 41.2 Å². The smallest absolute Gasteiger partial charge is 0.343 e. The molecule has 1 atom stereocenters. The number of esters is 1. The van der Waals surface area contributed by atoms with Crippen molar-refractivity contribution < 1.29 is 23.8 Å². The van der Waals surface area contributed by atoms with Gasteiger partial charge in [0.15, 0.2) is 5.60 Å². The molecule has 0 unspecified atom stereocenters. The molecule has 4 aromatic rings. The number of nitrogens with one attached hydrogen (secondary N) is 1. The Labute approximate surface area is 217 Å². The third-order valence-electron chi connectivity index (χ3n) is 7.70. The van der Waals surface area contributed by atoms with Crippen LogP contribution in [0.3, 0.4) is 0 Å². The highest BCUT2D eigenvalue weighted by atomic mass is 19.1. The molecule has 2 aromatic carbocycles. The van der Waals surface area contributed by atoms with Crippen LogP contribution in [-0.4, -0.2) is 27.7 Å². The van der Waals surface area contributed by atoms with Crippen molar-refractivity contribution in [2.24, 2.45) is 0 Å². The fourth-order valence-corrected chi connectivity index (χ4v) is 5.38. The summed E-state index contributed by atoms with van der Waals surface area (Å²) in [6, 6.07) is 12.3. The molecule has 4 heterocycles. The van der Waals surface area contributed by atoms with Crippen molar-refractivity contribution in [2.45, 2.75) is 45.6 Å². The van der Waals surface area contributed by atoms with Crippen LogP contribution in [0.25, 0.3) is 22.3 Å². The highest BCUT2D eigenvalue weighted by Gasteiger charge is 2.45. The molecule has 2 aromatic heterocycles. The van der Waals surface area contributed by atoms with Crippen LogP contribution in [0.15, 0.2) is 47.3 Å². The predicted molar refractivity (Wildman–Crippen MR) is 140 cm³/mol. The molecule has 0 fully saturated rings. The van der Waals surface area contributed by atoms with Crippen LogP contribution < -0.4 is 15.6 Å². The van der Waals surface area contributed by atoms with Gasteiger partial charge in [0.05, 0.1) is 41.8 Å². The first kappa shape index (κ1) is 24.1. The van der Waals surface area contributed by atoms with Gasteiger partial charge in [-0.05, 0) is 48.7 Å². The van der Waals surface area contributed by atoms with Gasteiger partial charge in [0.2, 0.25) is 0 Å². The van der Waals surface area contributed by atoms with Gasteiger partial charge in [0.1, 0.15) is 18.2 Å². The number of aliphatic hydroxyl groups is 1. The summed E-state index contributed by atoms with van der Waals surface area (Å²) in [5.41, 5.74) is 2.86. The Balaban J connectivity index is 1.42. The number of fused-ring (bicyclic) bond motifs is 5. The molecule has 38 heavy (non-hydrogen) atoms. The van der Waals surface area contributed by atoms with E-state index in [0.29, 0.717) is 29.1 Å². The number of halogens is 1. The molecule has 2 aliphatic rings. The van der Waals surface area contributed by atoms with Crippen LogP contribution in [0, 0.1) is 12.7 Å². The predicted octanol–water partition coefficient (Wildman–Crippen LogP) is 4.15. The summed E-state index contributed by atoms with van der Waals surface area (Å²) in [4.78, 5) is 30.5. The molecule has 194 valence electrons. The summed E-state index contributed by atoms with van der Waals surface area (Å²) in [5.74, 6) is -0.461. The molecular weight excluding hydrogens is 489 g/mol. The van der Waals surface area contributed by atoms with E-state index >= 15 is 4.39 Å². The Morgan fingerprint density at radius 1 is 1.18 bits per heavy atom. The van der Waals surface area contributed by atoms with Crippen LogP contribution in [0.2, 0.25) is 0 Å². The minimum absolute atomic E-state index is 0.0657. The number of aromatic nitrogens is 2. The van der Waals surface area contributed by atoms with Crippen LogP contribution in [0.4, 0.5) is 10.1 Å². The highest BCUT2D eigenvalue weighted by Crippen LogP contribution is 2.40. The van der Waals surface area contributed by atoms with E-state index in [1.807, 2.05) is 31.2 Å². The summed E-state index contributed by atoms with van der Waals surface area (Å²) >= 11 is 0. The van der Waals surface area contributed by atoms with Crippen molar-refractivity contribution in [1.29, 1.82) is 0 Å². The summed E-state index contributed by atoms with van der Waals surface area (Å²) in [6.45, 7) is 4.12. The van der Waals surface area contributed by atoms with E-state index in [2.05, 4.69) is 5.32 Å². The average molecular weight is 516 g/mol. The second kappa shape index (κ2) is 8.66. The lowest BCUT2D eigenvalue weighted by atomic mass is 9.86. The molecule has 2 aliphatic heterocycles. The van der Waals surface area contributed by atoms with Gasteiger partial charge in [0.25, 0.3) is 5.56 Å². The first-order valence-corrected chi connectivity index (χ1v) is 12.4. The standard InChI is InChI=1S/C29H26FN3O5/c1-4-29(36)21-10-25-26-19(13-33(25)27(34)20(21)14-38-28(29)35)15(2)18-9-24(22(30)11-23(18)32-26)31-12-16-5-7-17(37-3)8-6-16/h5-11,31,36H,4,12-14H2,1-3H3/t29-/m0/s1. The van der Waals surface area contributed by atoms with E-state index in [-0.39, 0.29) is 36.3 Å². The van der Waals surface area contributed by atoms with E-state index in [4.69, 9.17) is 14.5 Å². The van der Waals surface area contributed by atoms with Gasteiger partial charge in [-0.1, -0.05) is 19.1 Å². The molecule has 0 bridgehead atoms. The van der Waals surface area contributed by atoms with Crippen molar-refractivity contribution in [1.82, 2.24) is 9.55 Å². The number of nitrogens with zero attached hydrogens (tertiary/aromatic N) is 2. The fraction of sp³-hybridized carbons (Fsp3) is 0.276. The second-order valence-electron chi connectivity index (χ2n) is 9.72. The van der Waals surface area contributed by atoms with E-state index in [0.717, 1.165) is 27.8 Å². The molecule has 0 saturated heterocycles. The number of benzene rings is 2. The maximum absolute atomic E-state index is 15.1. The van der Waals surface area contributed by atoms with E-state index in [1.54, 1.807) is 30.7 Å². The Hall–Kier alpha value is -4.24. The molecule has 6 rings (SSSR count). The maximum Gasteiger partial charge on any atom is 0.343 e. The molecule has 0 aliphatic carbocycles. The summed E-state index contributed by atoms with van der Waals surface area (Å²) in [5, 5.41) is 15.0. The number of pyridine rings is 2. The largest absolute Gasteiger partial charge is 0.497 e. The molecule has 8 nitrogen and oxygen atoms in total. The van der Waals surface area contributed by atoms with Crippen molar-refractivity contribution >= 4 is 22.6 Å². The normalized spacial score (nSPS) is 17.6. The quantitative estimate of drug-likeness (QED) is 0.339. The lowest BCUT2D eigenvalue weighted by molar-refractivity contribution is -0.172. The Bertz CT molecular complexity index is 1700. The van der Waals surface area contributed by atoms with Crippen LogP contribution >= 0.6 is 0 Å². The summed E-state index contributed by atoms with van der Waals surface area (Å²) < 4.78 is 27.0. The summed E-state index contributed by atoms with van der Waals surface area (Å²) in [6.07, 6.45) is 0.0657.